The molecule has 1 saturated heterocycles. The smallest absolute Gasteiger partial charge is 0.281 e. The van der Waals surface area contributed by atoms with Crippen molar-refractivity contribution < 1.29 is 18.7 Å². The molecule has 0 spiro atoms. The van der Waals surface area contributed by atoms with Crippen molar-refractivity contribution in [2.45, 2.75) is 6.61 Å². The number of rotatable bonds is 6. The number of methoxy groups -OCH3 is 1. The van der Waals surface area contributed by atoms with E-state index in [-0.39, 0.29) is 17.6 Å². The van der Waals surface area contributed by atoms with Crippen molar-refractivity contribution in [2.24, 2.45) is 0 Å². The fourth-order valence-electron chi connectivity index (χ4n) is 3.04. The third kappa shape index (κ3) is 4.27. The van der Waals surface area contributed by atoms with Crippen LogP contribution in [0.1, 0.15) is 17.1 Å². The van der Waals surface area contributed by atoms with E-state index in [9.17, 15) is 4.79 Å². The highest BCUT2D eigenvalue weighted by atomic mass is 32.1. The predicted molar refractivity (Wildman–Crippen MR) is 118 cm³/mol. The number of hydrogen-bond acceptors (Lipinski definition) is 6. The molecule has 1 fully saturated rings. The number of thiocarbonyl (C=S) groups is 1. The van der Waals surface area contributed by atoms with E-state index in [0.717, 1.165) is 0 Å². The van der Waals surface area contributed by atoms with Gasteiger partial charge in [-0.05, 0) is 60.7 Å². The first-order chi connectivity index (χ1) is 15.1. The van der Waals surface area contributed by atoms with Crippen molar-refractivity contribution in [3.63, 3.8) is 0 Å². The first-order valence-corrected chi connectivity index (χ1v) is 9.71. The fraction of sp³-hybridized carbons (Fsp3) is 0.0870. The van der Waals surface area contributed by atoms with Gasteiger partial charge in [0.1, 0.15) is 35.3 Å². The molecule has 1 aromatic heterocycles. The van der Waals surface area contributed by atoms with Gasteiger partial charge in [-0.1, -0.05) is 12.1 Å². The highest BCUT2D eigenvalue weighted by Crippen LogP contribution is 2.31. The SMILES string of the molecule is COc1ccccc1N1C(=O)/C(=C\c2ccc(COc3ccc(C#N)cc3)o2)NC1=S. The first kappa shape index (κ1) is 20.2. The topological polar surface area (TPSA) is 87.7 Å². The number of anilines is 1. The van der Waals surface area contributed by atoms with E-state index < -0.39 is 0 Å². The average molecular weight is 431 g/mol. The lowest BCUT2D eigenvalue weighted by molar-refractivity contribution is -0.113. The van der Waals surface area contributed by atoms with E-state index in [1.165, 1.54) is 12.0 Å². The highest BCUT2D eigenvalue weighted by Gasteiger charge is 2.33. The third-order valence-electron chi connectivity index (χ3n) is 4.54. The van der Waals surface area contributed by atoms with Gasteiger partial charge in [0.15, 0.2) is 5.11 Å². The lowest BCUT2D eigenvalue weighted by Crippen LogP contribution is -2.30. The largest absolute Gasteiger partial charge is 0.495 e. The standard InChI is InChI=1S/C23H17N3O4S/c1-28-21-5-3-2-4-20(21)26-22(27)19(25-23(26)31)12-17-10-11-18(30-17)14-29-16-8-6-15(13-24)7-9-16/h2-12H,14H2,1H3,(H,25,31)/b19-12+. The van der Waals surface area contributed by atoms with Crippen molar-refractivity contribution in [1.82, 2.24) is 5.32 Å². The Morgan fingerprint density at radius 2 is 1.94 bits per heavy atom. The summed E-state index contributed by atoms with van der Waals surface area (Å²) < 4.78 is 16.8. The van der Waals surface area contributed by atoms with Crippen molar-refractivity contribution in [2.75, 3.05) is 12.0 Å². The van der Waals surface area contributed by atoms with Crippen LogP contribution >= 0.6 is 12.2 Å². The Morgan fingerprint density at radius 1 is 1.16 bits per heavy atom. The van der Waals surface area contributed by atoms with Gasteiger partial charge in [0.2, 0.25) is 0 Å². The van der Waals surface area contributed by atoms with Gasteiger partial charge >= 0.3 is 0 Å². The van der Waals surface area contributed by atoms with Crippen LogP contribution in [-0.4, -0.2) is 18.1 Å². The van der Waals surface area contributed by atoms with Crippen molar-refractivity contribution in [1.29, 1.82) is 5.26 Å². The molecular weight excluding hydrogens is 414 g/mol. The Hall–Kier alpha value is -4.09. The van der Waals surface area contributed by atoms with Crippen molar-refractivity contribution in [3.8, 4) is 17.6 Å². The quantitative estimate of drug-likeness (QED) is 0.466. The number of furan rings is 1. The molecule has 7 nitrogen and oxygen atoms in total. The maximum Gasteiger partial charge on any atom is 0.281 e. The van der Waals surface area contributed by atoms with E-state index in [2.05, 4.69) is 11.4 Å². The number of para-hydroxylation sites is 2. The molecule has 154 valence electrons. The molecule has 0 radical (unpaired) electrons. The normalized spacial score (nSPS) is 14.5. The second kappa shape index (κ2) is 8.73. The molecule has 1 amide bonds. The number of nitrogens with one attached hydrogen (secondary N) is 1. The molecule has 1 N–H and O–H groups in total. The molecule has 2 aromatic carbocycles. The monoisotopic (exact) mass is 431 g/mol. The molecular formula is C23H17N3O4S. The second-order valence-corrected chi connectivity index (χ2v) is 6.92. The molecule has 3 aromatic rings. The Balaban J connectivity index is 1.47. The maximum absolute atomic E-state index is 12.9. The zero-order valence-corrected chi connectivity index (χ0v) is 17.3. The number of ether oxygens (including phenoxy) is 2. The summed E-state index contributed by atoms with van der Waals surface area (Å²) in [4.78, 5) is 14.3. The van der Waals surface area contributed by atoms with Crippen LogP contribution in [0.3, 0.4) is 0 Å². The number of nitrogens with zero attached hydrogens (tertiary/aromatic N) is 2. The van der Waals surface area contributed by atoms with Gasteiger partial charge in [-0.15, -0.1) is 0 Å². The van der Waals surface area contributed by atoms with Gasteiger partial charge in [-0.25, -0.2) is 4.90 Å². The summed E-state index contributed by atoms with van der Waals surface area (Å²) >= 11 is 5.35. The highest BCUT2D eigenvalue weighted by molar-refractivity contribution is 7.80. The van der Waals surface area contributed by atoms with E-state index in [4.69, 9.17) is 31.4 Å². The second-order valence-electron chi connectivity index (χ2n) is 6.53. The summed E-state index contributed by atoms with van der Waals surface area (Å²) in [5, 5.41) is 12.0. The van der Waals surface area contributed by atoms with Crippen molar-refractivity contribution >= 4 is 35.0 Å². The minimum atomic E-state index is -0.304. The number of carbonyl (C=O) groups is 1. The fourth-order valence-corrected chi connectivity index (χ4v) is 3.33. The number of hydrogen-bond donors (Lipinski definition) is 1. The Bertz CT molecular complexity index is 1210. The number of carbonyl (C=O) groups excluding carboxylic acids is 1. The Labute approximate surface area is 184 Å². The van der Waals surface area contributed by atoms with Crippen LogP contribution in [0.5, 0.6) is 11.5 Å². The molecule has 1 aliphatic rings. The van der Waals surface area contributed by atoms with Gasteiger partial charge in [0.25, 0.3) is 5.91 Å². The molecule has 8 heteroatoms. The van der Waals surface area contributed by atoms with Crippen LogP contribution in [0.25, 0.3) is 6.08 Å². The van der Waals surface area contributed by atoms with Crippen LogP contribution in [0.15, 0.2) is 70.8 Å². The van der Waals surface area contributed by atoms with E-state index in [1.54, 1.807) is 54.6 Å². The summed E-state index contributed by atoms with van der Waals surface area (Å²) in [7, 11) is 1.54. The van der Waals surface area contributed by atoms with E-state index in [1.807, 2.05) is 12.1 Å². The number of benzene rings is 2. The molecule has 0 bridgehead atoms. The molecule has 2 heterocycles. The van der Waals surface area contributed by atoms with E-state index in [0.29, 0.717) is 40.0 Å². The molecule has 0 unspecified atom stereocenters. The summed E-state index contributed by atoms with van der Waals surface area (Å²) in [5.41, 5.74) is 1.42. The van der Waals surface area contributed by atoms with Gasteiger partial charge in [0, 0.05) is 6.08 Å². The number of amides is 1. The minimum absolute atomic E-state index is 0.211. The molecule has 31 heavy (non-hydrogen) atoms. The van der Waals surface area contributed by atoms with E-state index >= 15 is 0 Å². The van der Waals surface area contributed by atoms with Gasteiger partial charge in [-0.3, -0.25) is 4.79 Å². The van der Waals surface area contributed by atoms with Gasteiger partial charge in [-0.2, -0.15) is 5.26 Å². The average Bonchev–Trinajstić information content (AvgIpc) is 3.36. The Morgan fingerprint density at radius 3 is 2.68 bits per heavy atom. The van der Waals surface area contributed by atoms with Crippen molar-refractivity contribution in [3.05, 3.63) is 83.4 Å². The van der Waals surface area contributed by atoms with Crippen LogP contribution in [0.2, 0.25) is 0 Å². The lowest BCUT2D eigenvalue weighted by atomic mass is 10.2. The zero-order valence-electron chi connectivity index (χ0n) is 16.5. The van der Waals surface area contributed by atoms with Crippen LogP contribution in [0.4, 0.5) is 5.69 Å². The lowest BCUT2D eigenvalue weighted by Gasteiger charge is -2.17. The first-order valence-electron chi connectivity index (χ1n) is 9.31. The maximum atomic E-state index is 12.9. The van der Waals surface area contributed by atoms with Crippen LogP contribution in [-0.2, 0) is 11.4 Å². The Kier molecular flexibility index (Phi) is 5.69. The molecule has 4 rings (SSSR count). The minimum Gasteiger partial charge on any atom is -0.495 e. The zero-order chi connectivity index (χ0) is 21.8. The van der Waals surface area contributed by atoms with Crippen LogP contribution in [0, 0.1) is 11.3 Å². The van der Waals surface area contributed by atoms with Gasteiger partial charge in [0.05, 0.1) is 24.4 Å². The summed E-state index contributed by atoms with van der Waals surface area (Å²) in [6.45, 7) is 0.211. The molecule has 1 aliphatic heterocycles. The molecule has 0 saturated carbocycles. The van der Waals surface area contributed by atoms with Crippen LogP contribution < -0.4 is 19.7 Å². The van der Waals surface area contributed by atoms with Gasteiger partial charge < -0.3 is 19.2 Å². The number of nitriles is 1. The molecule has 0 aliphatic carbocycles. The predicted octanol–water partition coefficient (Wildman–Crippen LogP) is 4.00. The summed E-state index contributed by atoms with van der Waals surface area (Å²) in [6, 6.07) is 19.5. The third-order valence-corrected chi connectivity index (χ3v) is 4.82. The molecule has 0 atom stereocenters. The summed E-state index contributed by atoms with van der Waals surface area (Å²) in [6.07, 6.45) is 1.59. The summed E-state index contributed by atoms with van der Waals surface area (Å²) in [5.74, 6) is 1.94.